The predicted octanol–water partition coefficient (Wildman–Crippen LogP) is 2.26. The zero-order chi connectivity index (χ0) is 14.7. The molecule has 0 aliphatic heterocycles. The number of halogens is 1. The molecule has 5 heteroatoms. The smallest absolute Gasteiger partial charge is 0.146 e. The molecule has 108 valence electrons. The van der Waals surface area contributed by atoms with Crippen LogP contribution < -0.4 is 10.6 Å². The summed E-state index contributed by atoms with van der Waals surface area (Å²) in [5, 5.41) is 4.44. The molecule has 0 amide bonds. The summed E-state index contributed by atoms with van der Waals surface area (Å²) in [7, 11) is 3.75. The Balaban J connectivity index is 2.39. The molecule has 0 bridgehead atoms. The molecular formula is C15H21FN4. The van der Waals surface area contributed by atoms with Gasteiger partial charge in [0.2, 0.25) is 0 Å². The Morgan fingerprint density at radius 3 is 2.70 bits per heavy atom. The number of benzene rings is 1. The van der Waals surface area contributed by atoms with Crippen LogP contribution in [0.15, 0.2) is 30.5 Å². The third-order valence-corrected chi connectivity index (χ3v) is 3.55. The number of nitrogens with zero attached hydrogens (tertiary/aromatic N) is 3. The third-order valence-electron chi connectivity index (χ3n) is 3.55. The van der Waals surface area contributed by atoms with Gasteiger partial charge in [0.1, 0.15) is 5.82 Å². The second kappa shape index (κ2) is 6.05. The number of para-hydroxylation sites is 1. The van der Waals surface area contributed by atoms with E-state index in [0.717, 1.165) is 17.7 Å². The molecule has 1 atom stereocenters. The molecule has 1 unspecified atom stereocenters. The van der Waals surface area contributed by atoms with Gasteiger partial charge in [-0.25, -0.2) is 4.39 Å². The summed E-state index contributed by atoms with van der Waals surface area (Å²) in [6.45, 7) is 2.46. The van der Waals surface area contributed by atoms with Gasteiger partial charge >= 0.3 is 0 Å². The first-order valence-corrected chi connectivity index (χ1v) is 6.78. The first-order valence-electron chi connectivity index (χ1n) is 6.78. The van der Waals surface area contributed by atoms with Crippen LogP contribution in [-0.2, 0) is 13.5 Å². The Morgan fingerprint density at radius 2 is 2.10 bits per heavy atom. The number of nitrogens with two attached hydrogens (primary N) is 1. The number of aryl methyl sites for hydroxylation is 2. The van der Waals surface area contributed by atoms with Gasteiger partial charge in [-0.2, -0.15) is 5.10 Å². The fourth-order valence-corrected chi connectivity index (χ4v) is 2.51. The number of hydrogen-bond donors (Lipinski definition) is 1. The van der Waals surface area contributed by atoms with Crippen LogP contribution in [0.4, 0.5) is 10.1 Å². The van der Waals surface area contributed by atoms with Crippen molar-refractivity contribution in [2.45, 2.75) is 19.4 Å². The van der Waals surface area contributed by atoms with Gasteiger partial charge in [0.15, 0.2) is 0 Å². The van der Waals surface area contributed by atoms with E-state index in [1.54, 1.807) is 16.8 Å². The normalized spacial score (nSPS) is 12.4. The fraction of sp³-hybridized carbons (Fsp3) is 0.400. The fourth-order valence-electron chi connectivity index (χ4n) is 2.51. The van der Waals surface area contributed by atoms with E-state index in [1.165, 1.54) is 6.07 Å². The standard InChI is InChI=1S/C15H21FN4/c1-4-13-11(10-19(2)18-13)15(9-17)20(3)14-8-6-5-7-12(14)16/h5-8,10,15H,4,9,17H2,1-3H3. The van der Waals surface area contributed by atoms with Gasteiger partial charge in [-0.15, -0.1) is 0 Å². The molecule has 0 spiro atoms. The predicted molar refractivity (Wildman–Crippen MR) is 79.2 cm³/mol. The van der Waals surface area contributed by atoms with E-state index in [0.29, 0.717) is 12.2 Å². The maximum atomic E-state index is 13.9. The van der Waals surface area contributed by atoms with Crippen LogP contribution in [0.3, 0.4) is 0 Å². The van der Waals surface area contributed by atoms with E-state index in [2.05, 4.69) is 12.0 Å². The lowest BCUT2D eigenvalue weighted by Crippen LogP contribution is -2.31. The number of likely N-dealkylation sites (N-methyl/N-ethyl adjacent to an activating group) is 1. The van der Waals surface area contributed by atoms with E-state index in [1.807, 2.05) is 31.3 Å². The van der Waals surface area contributed by atoms with Crippen molar-refractivity contribution in [3.63, 3.8) is 0 Å². The minimum atomic E-state index is -0.240. The van der Waals surface area contributed by atoms with Crippen molar-refractivity contribution in [3.8, 4) is 0 Å². The second-order valence-electron chi connectivity index (χ2n) is 4.87. The van der Waals surface area contributed by atoms with E-state index in [9.17, 15) is 4.39 Å². The molecule has 0 aliphatic rings. The topological polar surface area (TPSA) is 47.1 Å². The molecule has 0 saturated heterocycles. The molecule has 2 rings (SSSR count). The molecule has 20 heavy (non-hydrogen) atoms. The maximum absolute atomic E-state index is 13.9. The summed E-state index contributed by atoms with van der Waals surface area (Å²) >= 11 is 0. The second-order valence-corrected chi connectivity index (χ2v) is 4.87. The molecular weight excluding hydrogens is 255 g/mol. The van der Waals surface area contributed by atoms with Crippen LogP contribution >= 0.6 is 0 Å². The van der Waals surface area contributed by atoms with Crippen molar-refractivity contribution in [1.82, 2.24) is 9.78 Å². The average molecular weight is 276 g/mol. The summed E-state index contributed by atoms with van der Waals surface area (Å²) < 4.78 is 15.7. The summed E-state index contributed by atoms with van der Waals surface area (Å²) in [6.07, 6.45) is 2.80. The van der Waals surface area contributed by atoms with Crippen LogP contribution in [0.1, 0.15) is 24.2 Å². The number of anilines is 1. The van der Waals surface area contributed by atoms with Crippen molar-refractivity contribution >= 4 is 5.69 Å². The molecule has 0 aliphatic carbocycles. The van der Waals surface area contributed by atoms with Gasteiger partial charge in [0.05, 0.1) is 17.4 Å². The lowest BCUT2D eigenvalue weighted by atomic mass is 10.0. The van der Waals surface area contributed by atoms with Crippen LogP contribution in [0.5, 0.6) is 0 Å². The number of rotatable bonds is 5. The van der Waals surface area contributed by atoms with Crippen LogP contribution in [0.2, 0.25) is 0 Å². The largest absolute Gasteiger partial charge is 0.364 e. The maximum Gasteiger partial charge on any atom is 0.146 e. The Kier molecular flexibility index (Phi) is 4.39. The Bertz CT molecular complexity index is 579. The van der Waals surface area contributed by atoms with Crippen LogP contribution in [0, 0.1) is 5.82 Å². The van der Waals surface area contributed by atoms with Gasteiger partial charge in [0, 0.05) is 32.4 Å². The van der Waals surface area contributed by atoms with E-state index in [4.69, 9.17) is 5.73 Å². The van der Waals surface area contributed by atoms with Crippen molar-refractivity contribution in [3.05, 3.63) is 47.5 Å². The number of hydrogen-bond acceptors (Lipinski definition) is 3. The van der Waals surface area contributed by atoms with Gasteiger partial charge in [-0.3, -0.25) is 4.68 Å². The first kappa shape index (κ1) is 14.5. The van der Waals surface area contributed by atoms with Crippen molar-refractivity contribution < 1.29 is 4.39 Å². The summed E-state index contributed by atoms with van der Waals surface area (Å²) in [5.41, 5.74) is 8.54. The quantitative estimate of drug-likeness (QED) is 0.911. The zero-order valence-electron chi connectivity index (χ0n) is 12.2. The minimum Gasteiger partial charge on any atom is -0.364 e. The summed E-state index contributed by atoms with van der Waals surface area (Å²) in [4.78, 5) is 1.88. The molecule has 1 aromatic heterocycles. The lowest BCUT2D eigenvalue weighted by molar-refractivity contribution is 0.601. The van der Waals surface area contributed by atoms with Crippen molar-refractivity contribution in [1.29, 1.82) is 0 Å². The van der Waals surface area contributed by atoms with Crippen molar-refractivity contribution in [2.24, 2.45) is 12.8 Å². The average Bonchev–Trinajstić information content (AvgIpc) is 2.81. The van der Waals surface area contributed by atoms with Gasteiger partial charge in [-0.1, -0.05) is 19.1 Å². The lowest BCUT2D eigenvalue weighted by Gasteiger charge is -2.29. The minimum absolute atomic E-state index is 0.0875. The highest BCUT2D eigenvalue weighted by Gasteiger charge is 2.22. The zero-order valence-corrected chi connectivity index (χ0v) is 12.2. The molecule has 2 aromatic rings. The highest BCUT2D eigenvalue weighted by molar-refractivity contribution is 5.49. The third kappa shape index (κ3) is 2.67. The van der Waals surface area contributed by atoms with Crippen molar-refractivity contribution in [2.75, 3.05) is 18.5 Å². The molecule has 0 fully saturated rings. The molecule has 0 radical (unpaired) electrons. The Hall–Kier alpha value is -1.88. The van der Waals surface area contributed by atoms with Gasteiger partial charge in [-0.05, 0) is 18.6 Å². The van der Waals surface area contributed by atoms with Gasteiger partial charge in [0.25, 0.3) is 0 Å². The van der Waals surface area contributed by atoms with Crippen LogP contribution in [0.25, 0.3) is 0 Å². The summed E-state index contributed by atoms with van der Waals surface area (Å²) in [6, 6.07) is 6.65. The molecule has 1 aromatic carbocycles. The van der Waals surface area contributed by atoms with E-state index >= 15 is 0 Å². The number of aromatic nitrogens is 2. The molecule has 2 N–H and O–H groups in total. The van der Waals surface area contributed by atoms with E-state index < -0.39 is 0 Å². The molecule has 1 heterocycles. The Labute approximate surface area is 119 Å². The Morgan fingerprint density at radius 1 is 1.40 bits per heavy atom. The first-order chi connectivity index (χ1) is 9.58. The van der Waals surface area contributed by atoms with E-state index in [-0.39, 0.29) is 11.9 Å². The van der Waals surface area contributed by atoms with Crippen LogP contribution in [-0.4, -0.2) is 23.4 Å². The summed E-state index contributed by atoms with van der Waals surface area (Å²) in [5.74, 6) is -0.240. The molecule has 4 nitrogen and oxygen atoms in total. The highest BCUT2D eigenvalue weighted by Crippen LogP contribution is 2.28. The highest BCUT2D eigenvalue weighted by atomic mass is 19.1. The SMILES string of the molecule is CCc1nn(C)cc1C(CN)N(C)c1ccccc1F. The monoisotopic (exact) mass is 276 g/mol. The molecule has 0 saturated carbocycles. The van der Waals surface area contributed by atoms with Gasteiger partial charge < -0.3 is 10.6 Å².